The molecule has 0 spiro atoms. The van der Waals surface area contributed by atoms with Crippen molar-refractivity contribution >= 4 is 23.5 Å². The third kappa shape index (κ3) is 19.4. The number of carbonyl (C=O) groups is 4. The van der Waals surface area contributed by atoms with Gasteiger partial charge in [-0.3, -0.25) is 19.2 Å². The Morgan fingerprint density at radius 3 is 1.52 bits per heavy atom. The standard InChI is InChI=1S/C69H122O11/c1-8-10-12-14-16-18-20-22-24-25-27-29-31-33-35-40-62(75)79-69(49-55(72)48-54-41-42-56-58-44-43-57(53(5)39-37-38-52(3)4)66(58,6)47-45-59(56)67(54,69)7)80-65(78)68(63(76)60(73)50-70,64(77)61(74)51-71)46-36-34-32-30-28-26-23-21-19-17-15-13-11-9-2/h41,52-53,55-61,70-74H,8-40,42-51H2,1-7H3/t53-,55+,56+,57-,58+,59+,60?,61?,66-,67+,68?,69?/m1/s1. The number of aliphatic hydroxyl groups is 5. The fourth-order valence-corrected chi connectivity index (χ4v) is 16.2. The summed E-state index contributed by atoms with van der Waals surface area (Å²) in [5, 5.41) is 54.8. The molecule has 0 bridgehead atoms. The molecule has 80 heavy (non-hydrogen) atoms. The molecule has 4 aliphatic carbocycles. The highest BCUT2D eigenvalue weighted by Gasteiger charge is 2.70. The third-order valence-electron chi connectivity index (χ3n) is 21.0. The fourth-order valence-electron chi connectivity index (χ4n) is 16.2. The molecule has 4 rings (SSSR count). The first-order valence-corrected chi connectivity index (χ1v) is 33.9. The Labute approximate surface area is 488 Å². The van der Waals surface area contributed by atoms with Crippen molar-refractivity contribution in [3.05, 3.63) is 11.6 Å². The van der Waals surface area contributed by atoms with E-state index in [-0.39, 0.29) is 42.9 Å². The molecule has 0 aliphatic heterocycles. The van der Waals surface area contributed by atoms with Gasteiger partial charge in [-0.2, -0.15) is 0 Å². The molecule has 0 saturated heterocycles. The average Bonchev–Trinajstić information content (AvgIpc) is 3.94. The predicted molar refractivity (Wildman–Crippen MR) is 322 cm³/mol. The van der Waals surface area contributed by atoms with Gasteiger partial charge in [0.2, 0.25) is 0 Å². The zero-order valence-corrected chi connectivity index (χ0v) is 52.4. The highest BCUT2D eigenvalue weighted by atomic mass is 16.7. The molecular formula is C69H122O11. The lowest BCUT2D eigenvalue weighted by atomic mass is 9.45. The summed E-state index contributed by atoms with van der Waals surface area (Å²) in [6.07, 6.45) is 36.7. The van der Waals surface area contributed by atoms with E-state index in [1.165, 1.54) is 135 Å². The predicted octanol–water partition coefficient (Wildman–Crippen LogP) is 15.7. The van der Waals surface area contributed by atoms with Crippen molar-refractivity contribution in [2.45, 2.75) is 336 Å². The number of allylic oxidation sites excluding steroid dienone is 1. The van der Waals surface area contributed by atoms with Crippen LogP contribution in [0.1, 0.15) is 312 Å². The number of aliphatic hydroxyl groups excluding tert-OH is 5. The molecule has 464 valence electrons. The second-order valence-electron chi connectivity index (χ2n) is 27.3. The van der Waals surface area contributed by atoms with Crippen LogP contribution in [0, 0.1) is 51.8 Å². The number of hydrogen-bond acceptors (Lipinski definition) is 11. The van der Waals surface area contributed by atoms with E-state index in [0.29, 0.717) is 36.5 Å². The Balaban J connectivity index is 1.61. The van der Waals surface area contributed by atoms with Gasteiger partial charge < -0.3 is 35.0 Å². The van der Waals surface area contributed by atoms with E-state index >= 15 is 4.79 Å². The highest BCUT2D eigenvalue weighted by Crippen LogP contribution is 2.70. The quantitative estimate of drug-likeness (QED) is 0.0128. The van der Waals surface area contributed by atoms with E-state index in [1.807, 2.05) is 6.92 Å². The zero-order chi connectivity index (χ0) is 58.6. The first-order valence-electron chi connectivity index (χ1n) is 33.9. The molecule has 11 heteroatoms. The normalized spacial score (nSPS) is 27.3. The van der Waals surface area contributed by atoms with Crippen LogP contribution < -0.4 is 0 Å². The lowest BCUT2D eigenvalue weighted by Crippen LogP contribution is -2.67. The number of carbonyl (C=O) groups excluding carboxylic acids is 4. The highest BCUT2D eigenvalue weighted by molar-refractivity contribution is 6.24. The summed E-state index contributed by atoms with van der Waals surface area (Å²) in [4.78, 5) is 59.8. The second kappa shape index (κ2) is 36.6. The molecule has 0 radical (unpaired) electrons. The Hall–Kier alpha value is -2.18. The van der Waals surface area contributed by atoms with E-state index in [1.54, 1.807) is 0 Å². The fraction of sp³-hybridized carbons (Fsp3) is 0.913. The van der Waals surface area contributed by atoms with E-state index in [0.717, 1.165) is 89.0 Å². The van der Waals surface area contributed by atoms with Crippen molar-refractivity contribution < 1.29 is 54.2 Å². The van der Waals surface area contributed by atoms with E-state index in [2.05, 4.69) is 47.6 Å². The number of fused-ring (bicyclic) bond motifs is 5. The average molecular weight is 1130 g/mol. The molecule has 0 heterocycles. The molecule has 3 saturated carbocycles. The van der Waals surface area contributed by atoms with Gasteiger partial charge in [0, 0.05) is 6.42 Å². The van der Waals surface area contributed by atoms with Gasteiger partial charge in [-0.1, -0.05) is 252 Å². The summed E-state index contributed by atoms with van der Waals surface area (Å²) in [5.74, 6) is -4.67. The number of ketones is 2. The van der Waals surface area contributed by atoms with Crippen LogP contribution in [0.4, 0.5) is 0 Å². The SMILES string of the molecule is CCCCCCCCCCCCCCCCCC(=O)OC1(OC(=O)C(CCCCCCCCCCCCCCCC)(C(=O)C(O)CO)C(=O)C(O)CO)C[C@@H](O)CC2=CC[C@H]3[C@@H]4CC[C@H]([C@H](C)CCCC(C)C)[C@@]4(C)CC[C@@H]3[C@]21C. The number of esters is 2. The molecule has 0 aromatic heterocycles. The maximum absolute atomic E-state index is 15.7. The van der Waals surface area contributed by atoms with Gasteiger partial charge in [0.25, 0.3) is 5.79 Å². The summed E-state index contributed by atoms with van der Waals surface area (Å²) in [5.41, 5.74) is -3.12. The second-order valence-corrected chi connectivity index (χ2v) is 27.3. The lowest BCUT2D eigenvalue weighted by Gasteiger charge is -2.62. The zero-order valence-electron chi connectivity index (χ0n) is 52.4. The minimum atomic E-state index is -2.86. The molecule has 0 amide bonds. The molecule has 3 fully saturated rings. The molecule has 5 N–H and O–H groups in total. The van der Waals surface area contributed by atoms with E-state index < -0.39 is 78.1 Å². The van der Waals surface area contributed by atoms with Crippen molar-refractivity contribution in [2.24, 2.45) is 51.8 Å². The molecule has 11 atom stereocenters. The van der Waals surface area contributed by atoms with Gasteiger partial charge in [0.05, 0.1) is 31.2 Å². The first kappa shape index (κ1) is 70.3. The van der Waals surface area contributed by atoms with Crippen LogP contribution in [0.15, 0.2) is 11.6 Å². The summed E-state index contributed by atoms with van der Waals surface area (Å²) in [6, 6.07) is 0. The van der Waals surface area contributed by atoms with Crippen molar-refractivity contribution in [3.63, 3.8) is 0 Å². The monoisotopic (exact) mass is 1130 g/mol. The van der Waals surface area contributed by atoms with Crippen molar-refractivity contribution in [2.75, 3.05) is 13.2 Å². The minimum absolute atomic E-state index is 0.0441. The van der Waals surface area contributed by atoms with Gasteiger partial charge >= 0.3 is 11.9 Å². The van der Waals surface area contributed by atoms with Crippen LogP contribution in [0.2, 0.25) is 0 Å². The Kier molecular flexibility index (Phi) is 32.2. The number of rotatable bonds is 45. The molecular weight excluding hydrogens is 1000 g/mol. The van der Waals surface area contributed by atoms with Gasteiger partial charge in [-0.25, -0.2) is 0 Å². The summed E-state index contributed by atoms with van der Waals surface area (Å²) >= 11 is 0. The van der Waals surface area contributed by atoms with Crippen LogP contribution in [0.25, 0.3) is 0 Å². The number of Topliss-reactive ketones (excluding diaryl/α,β-unsaturated/α-hetero) is 2. The number of ether oxygens (including phenoxy) is 2. The van der Waals surface area contributed by atoms with Crippen LogP contribution in [0.3, 0.4) is 0 Å². The lowest BCUT2D eigenvalue weighted by molar-refractivity contribution is -0.302. The van der Waals surface area contributed by atoms with Gasteiger partial charge in [-0.15, -0.1) is 0 Å². The topological polar surface area (TPSA) is 188 Å². The van der Waals surface area contributed by atoms with Gasteiger partial charge in [-0.05, 0) is 99.2 Å². The molecule has 0 aromatic carbocycles. The largest absolute Gasteiger partial charge is 0.421 e. The van der Waals surface area contributed by atoms with Gasteiger partial charge in [0.1, 0.15) is 12.2 Å². The van der Waals surface area contributed by atoms with E-state index in [4.69, 9.17) is 9.47 Å². The van der Waals surface area contributed by atoms with Crippen LogP contribution >= 0.6 is 0 Å². The van der Waals surface area contributed by atoms with Crippen LogP contribution in [0.5, 0.6) is 0 Å². The molecule has 0 aromatic rings. The summed E-state index contributed by atoms with van der Waals surface area (Å²) in [6.45, 7) is 13.8. The third-order valence-corrected chi connectivity index (χ3v) is 21.0. The molecule has 11 nitrogen and oxygen atoms in total. The van der Waals surface area contributed by atoms with Crippen LogP contribution in [-0.2, 0) is 28.7 Å². The van der Waals surface area contributed by atoms with Crippen molar-refractivity contribution in [3.8, 4) is 0 Å². The Bertz CT molecular complexity index is 1790. The van der Waals surface area contributed by atoms with Gasteiger partial charge in [0.15, 0.2) is 17.0 Å². The van der Waals surface area contributed by atoms with Crippen molar-refractivity contribution in [1.82, 2.24) is 0 Å². The maximum Gasteiger partial charge on any atom is 0.330 e. The smallest absolute Gasteiger partial charge is 0.330 e. The number of hydrogen-bond donors (Lipinski definition) is 5. The Morgan fingerprint density at radius 1 is 0.600 bits per heavy atom. The van der Waals surface area contributed by atoms with E-state index in [9.17, 15) is 39.9 Å². The molecule has 4 aliphatic rings. The maximum atomic E-state index is 15.7. The summed E-state index contributed by atoms with van der Waals surface area (Å²) < 4.78 is 13.5. The molecule has 3 unspecified atom stereocenters. The number of unbranched alkanes of at least 4 members (excludes halogenated alkanes) is 27. The minimum Gasteiger partial charge on any atom is -0.421 e. The van der Waals surface area contributed by atoms with Crippen molar-refractivity contribution in [1.29, 1.82) is 0 Å². The summed E-state index contributed by atoms with van der Waals surface area (Å²) in [7, 11) is 0. The van der Waals surface area contributed by atoms with Crippen LogP contribution in [-0.4, -0.2) is 86.4 Å². The first-order chi connectivity index (χ1) is 38.4. The Morgan fingerprint density at radius 2 is 1.06 bits per heavy atom.